The van der Waals surface area contributed by atoms with Gasteiger partial charge in [-0.3, -0.25) is 0 Å². The summed E-state index contributed by atoms with van der Waals surface area (Å²) in [5.74, 6) is -1.01. The fourth-order valence-electron chi connectivity index (χ4n) is 2.96. The van der Waals surface area contributed by atoms with E-state index in [4.69, 9.17) is 41.2 Å². The Morgan fingerprint density at radius 2 is 0.972 bits per heavy atom. The highest BCUT2D eigenvalue weighted by Gasteiger charge is 2.52. The van der Waals surface area contributed by atoms with E-state index in [0.717, 1.165) is 0 Å². The molecule has 1 aliphatic rings. The quantitative estimate of drug-likeness (QED) is 0.194. The normalized spacial score (nSPS) is 19.6. The minimum atomic E-state index is -3.27. The van der Waals surface area contributed by atoms with Gasteiger partial charge in [-0.1, -0.05) is 72.8 Å². The summed E-state index contributed by atoms with van der Waals surface area (Å²) in [6, 6.07) is 37.1. The van der Waals surface area contributed by atoms with Gasteiger partial charge >= 0.3 is 16.9 Å². The van der Waals surface area contributed by atoms with Gasteiger partial charge in [-0.2, -0.15) is 4.52 Å². The van der Waals surface area contributed by atoms with Crippen molar-refractivity contribution in [2.45, 2.75) is 0 Å². The van der Waals surface area contributed by atoms with Gasteiger partial charge in [0.25, 0.3) is 5.91 Å². The van der Waals surface area contributed by atoms with Crippen LogP contribution in [0.15, 0.2) is 126 Å². The van der Waals surface area contributed by atoms with Crippen LogP contribution < -0.4 is 18.7 Å². The van der Waals surface area contributed by atoms with E-state index in [-0.39, 0.29) is 0 Å². The van der Waals surface area contributed by atoms with Crippen LogP contribution in [-0.4, -0.2) is 9.21 Å². The molecule has 4 aromatic carbocycles. The Labute approximate surface area is 221 Å². The van der Waals surface area contributed by atoms with Crippen molar-refractivity contribution in [3.8, 4) is 23.0 Å². The summed E-state index contributed by atoms with van der Waals surface area (Å²) in [4.78, 5) is 12.5. The first-order chi connectivity index (χ1) is 17.6. The Kier molecular flexibility index (Phi) is 8.31. The molecule has 36 heavy (non-hydrogen) atoms. The number of halogens is 2. The van der Waals surface area contributed by atoms with Gasteiger partial charge < -0.3 is 18.7 Å². The van der Waals surface area contributed by atoms with E-state index in [1.54, 1.807) is 16.7 Å². The summed E-state index contributed by atoms with van der Waals surface area (Å²) in [6.45, 7) is 0. The fraction of sp³-hybridized carbons (Fsp3) is 0. The first-order valence-corrected chi connectivity index (χ1v) is 16.6. The maximum absolute atomic E-state index is 6.88. The zero-order valence-corrected chi connectivity index (χ0v) is 22.8. The molecule has 0 aromatic heterocycles. The number of rotatable bonds is 8. The van der Waals surface area contributed by atoms with Gasteiger partial charge in [0.15, 0.2) is 0 Å². The first kappa shape index (κ1) is 25.3. The third-order valence-electron chi connectivity index (χ3n) is 4.55. The molecule has 2 atom stereocenters. The van der Waals surface area contributed by atoms with Gasteiger partial charge in [0, 0.05) is 4.60 Å². The first-order valence-electron chi connectivity index (χ1n) is 10.7. The third-order valence-corrected chi connectivity index (χ3v) is 13.2. The van der Waals surface area contributed by atoms with Crippen molar-refractivity contribution in [3.05, 3.63) is 121 Å². The van der Waals surface area contributed by atoms with Crippen LogP contribution in [0, 0.1) is 0 Å². The lowest BCUT2D eigenvalue weighted by Crippen LogP contribution is -2.32. The zero-order chi connectivity index (χ0) is 24.8. The highest BCUT2D eigenvalue weighted by Crippen LogP contribution is 2.81. The lowest BCUT2D eigenvalue weighted by molar-refractivity contribution is 0.0697. The molecule has 1 aliphatic heterocycles. The van der Waals surface area contributed by atoms with Crippen molar-refractivity contribution in [2.24, 2.45) is 4.52 Å². The van der Waals surface area contributed by atoms with Crippen LogP contribution in [0.25, 0.3) is 0 Å². The molecule has 5 rings (SSSR count). The second-order valence-corrected chi connectivity index (χ2v) is 15.6. The number of benzene rings is 4. The van der Waals surface area contributed by atoms with E-state index in [1.165, 1.54) is 4.60 Å². The molecular weight excluding hydrogens is 558 g/mol. The third kappa shape index (κ3) is 6.32. The summed E-state index contributed by atoms with van der Waals surface area (Å²) >= 11 is 13.8. The lowest BCUT2D eigenvalue weighted by atomic mass is 10.3. The zero-order valence-electron chi connectivity index (χ0n) is 18.6. The predicted molar refractivity (Wildman–Crippen MR) is 147 cm³/mol. The van der Waals surface area contributed by atoms with Crippen LogP contribution in [0.5, 0.6) is 23.0 Å². The van der Waals surface area contributed by atoms with Crippen LogP contribution in [0.3, 0.4) is 0 Å². The molecule has 7 nitrogen and oxygen atoms in total. The largest absolute Gasteiger partial charge is 0.440 e. The number of hydrogen-bond acceptors (Lipinski definition) is 7. The monoisotopic (exact) mass is 577 g/mol. The topological polar surface area (TPSA) is 55.8 Å². The van der Waals surface area contributed by atoms with Gasteiger partial charge in [-0.15, -0.1) is 0 Å². The van der Waals surface area contributed by atoms with E-state index >= 15 is 0 Å². The standard InChI is InChI=1S/C24H20Cl2N3O4P3/c25-36(26)27-34(32-23-17-9-3-10-18-23)28(30-21-13-5-1-6-14-21)35(33-24-19-11-4-12-20-24)29(36)31-22-15-7-2-8-16-22/h1-20H. The van der Waals surface area contributed by atoms with E-state index in [1.807, 2.05) is 109 Å². The Hall–Kier alpha value is -2.33. The van der Waals surface area contributed by atoms with E-state index in [2.05, 4.69) is 4.52 Å². The van der Waals surface area contributed by atoms with Gasteiger partial charge in [0.05, 0.1) is 0 Å². The summed E-state index contributed by atoms with van der Waals surface area (Å²) in [5, 5.41) is 0. The van der Waals surface area contributed by atoms with Crippen molar-refractivity contribution >= 4 is 45.3 Å². The molecule has 2 unspecified atom stereocenters. The molecule has 0 spiro atoms. The molecule has 0 N–H and O–H groups in total. The molecule has 0 radical (unpaired) electrons. The van der Waals surface area contributed by atoms with Crippen LogP contribution in [-0.2, 0) is 0 Å². The van der Waals surface area contributed by atoms with Crippen molar-refractivity contribution in [1.29, 1.82) is 0 Å². The average Bonchev–Trinajstić information content (AvgIpc) is 2.91. The Bertz CT molecular complexity index is 1310. The van der Waals surface area contributed by atoms with Crippen LogP contribution >= 0.6 is 45.3 Å². The number of nitrogens with zero attached hydrogens (tertiary/aromatic N) is 3. The Balaban J connectivity index is 1.59. The molecule has 0 aliphatic carbocycles. The summed E-state index contributed by atoms with van der Waals surface area (Å²) in [5.41, 5.74) is 0. The highest BCUT2D eigenvalue weighted by molar-refractivity contribution is 8.13. The van der Waals surface area contributed by atoms with Crippen molar-refractivity contribution < 1.29 is 18.7 Å². The molecule has 184 valence electrons. The fourth-order valence-corrected chi connectivity index (χ4v) is 11.2. The minimum absolute atomic E-state index is 0.525. The van der Waals surface area contributed by atoms with Crippen molar-refractivity contribution in [1.82, 2.24) is 9.21 Å². The van der Waals surface area contributed by atoms with Crippen LogP contribution in [0.2, 0.25) is 0 Å². The van der Waals surface area contributed by atoms with Gasteiger partial charge in [0.2, 0.25) is 0 Å². The Morgan fingerprint density at radius 1 is 0.556 bits per heavy atom. The minimum Gasteiger partial charge on any atom is -0.440 e. The van der Waals surface area contributed by atoms with Crippen molar-refractivity contribution in [2.75, 3.05) is 0 Å². The molecule has 12 heteroatoms. The molecule has 1 heterocycles. The lowest BCUT2D eigenvalue weighted by Gasteiger charge is -2.41. The number of para-hydroxylation sites is 4. The van der Waals surface area contributed by atoms with Crippen LogP contribution in [0.1, 0.15) is 0 Å². The average molecular weight is 578 g/mol. The second-order valence-electron chi connectivity index (χ2n) is 7.17. The summed E-state index contributed by atoms with van der Waals surface area (Å²) in [7, 11) is -3.78. The second kappa shape index (κ2) is 11.8. The van der Waals surface area contributed by atoms with Gasteiger partial charge in [-0.25, -0.2) is 0 Å². The molecule has 4 aromatic rings. The summed E-state index contributed by atoms with van der Waals surface area (Å²) < 4.78 is 20.3. The highest BCUT2D eigenvalue weighted by atomic mass is 35.9. The molecule has 0 saturated carbocycles. The van der Waals surface area contributed by atoms with Gasteiger partial charge in [-0.05, 0) is 75.6 Å². The van der Waals surface area contributed by atoms with Crippen LogP contribution in [0.4, 0.5) is 0 Å². The van der Waals surface area contributed by atoms with E-state index in [0.29, 0.717) is 23.0 Å². The Morgan fingerprint density at radius 3 is 1.47 bits per heavy atom. The molecule has 0 fully saturated rings. The SMILES string of the molecule is ClP1(Cl)=NP(Oc2ccccc2)N(Oc2ccccc2)P(Oc2ccccc2)N1Oc1ccccc1. The van der Waals surface area contributed by atoms with Gasteiger partial charge in [0.1, 0.15) is 23.0 Å². The smallest absolute Gasteiger partial charge is 0.345 e. The molecule has 0 amide bonds. The maximum atomic E-state index is 6.88. The molecule has 0 saturated heterocycles. The molecule has 0 bridgehead atoms. The van der Waals surface area contributed by atoms with E-state index in [9.17, 15) is 0 Å². The predicted octanol–water partition coefficient (Wildman–Crippen LogP) is 9.63. The van der Waals surface area contributed by atoms with Crippen molar-refractivity contribution in [3.63, 3.8) is 0 Å². The number of hydrogen-bond donors (Lipinski definition) is 0. The summed E-state index contributed by atoms with van der Waals surface area (Å²) in [6.07, 6.45) is 0. The van der Waals surface area contributed by atoms with E-state index < -0.39 is 22.8 Å². The molecular formula is C24H20Cl2N3O4P3. The maximum Gasteiger partial charge on any atom is 0.345 e.